The third-order valence-electron chi connectivity index (χ3n) is 1.51. The molecule has 0 bridgehead atoms. The summed E-state index contributed by atoms with van der Waals surface area (Å²) in [6.07, 6.45) is 4.88. The maximum absolute atomic E-state index is 8.03. The van der Waals surface area contributed by atoms with Crippen LogP contribution in [-0.4, -0.2) is 11.5 Å². The molecular weight excluding hydrogens is 202 g/mol. The second-order valence-corrected chi connectivity index (χ2v) is 2.78. The molecule has 0 fully saturated rings. The SMILES string of the molecule is [N-]=[N+]=NCC=Cc1c(N)ccnc1Cl. The number of azide groups is 1. The molecule has 1 heterocycles. The van der Waals surface area contributed by atoms with Crippen LogP contribution in [0.3, 0.4) is 0 Å². The van der Waals surface area contributed by atoms with Crippen molar-refractivity contribution in [3.8, 4) is 0 Å². The van der Waals surface area contributed by atoms with Crippen LogP contribution in [0.1, 0.15) is 5.56 Å². The highest BCUT2D eigenvalue weighted by atomic mass is 35.5. The number of aromatic nitrogens is 1. The van der Waals surface area contributed by atoms with Crippen LogP contribution in [0.2, 0.25) is 5.15 Å². The predicted molar refractivity (Wildman–Crippen MR) is 56.7 cm³/mol. The van der Waals surface area contributed by atoms with Crippen molar-refractivity contribution in [2.45, 2.75) is 0 Å². The summed E-state index contributed by atoms with van der Waals surface area (Å²) in [5.74, 6) is 0. The van der Waals surface area contributed by atoms with Crippen molar-refractivity contribution < 1.29 is 0 Å². The summed E-state index contributed by atoms with van der Waals surface area (Å²) in [4.78, 5) is 6.48. The highest BCUT2D eigenvalue weighted by Gasteiger charge is 2.00. The van der Waals surface area contributed by atoms with Gasteiger partial charge in [-0.05, 0) is 11.6 Å². The second kappa shape index (κ2) is 5.11. The van der Waals surface area contributed by atoms with Gasteiger partial charge in [0.25, 0.3) is 0 Å². The first-order valence-electron chi connectivity index (χ1n) is 3.83. The molecule has 0 spiro atoms. The molecule has 1 aromatic heterocycles. The van der Waals surface area contributed by atoms with E-state index in [1.54, 1.807) is 18.2 Å². The minimum Gasteiger partial charge on any atom is -0.398 e. The lowest BCUT2D eigenvalue weighted by molar-refractivity contribution is 1.22. The zero-order valence-electron chi connectivity index (χ0n) is 7.26. The Morgan fingerprint density at radius 1 is 1.71 bits per heavy atom. The van der Waals surface area contributed by atoms with Crippen LogP contribution >= 0.6 is 11.6 Å². The standard InChI is InChI=1S/C8H8ClN5/c9-8-6(2-1-4-13-14-11)7(10)3-5-12-8/h1-3,5H,4H2,(H2,10,12). The van der Waals surface area contributed by atoms with Gasteiger partial charge in [0.05, 0.1) is 0 Å². The molecule has 0 saturated carbocycles. The van der Waals surface area contributed by atoms with Gasteiger partial charge in [0.1, 0.15) is 5.15 Å². The molecule has 14 heavy (non-hydrogen) atoms. The fraction of sp³-hybridized carbons (Fsp3) is 0.125. The number of hydrogen-bond acceptors (Lipinski definition) is 3. The van der Waals surface area contributed by atoms with E-state index in [0.29, 0.717) is 16.4 Å². The van der Waals surface area contributed by atoms with Gasteiger partial charge < -0.3 is 5.73 Å². The Kier molecular flexibility index (Phi) is 3.79. The second-order valence-electron chi connectivity index (χ2n) is 2.42. The van der Waals surface area contributed by atoms with Crippen LogP contribution in [-0.2, 0) is 0 Å². The summed E-state index contributed by atoms with van der Waals surface area (Å²) in [5, 5.41) is 3.67. The van der Waals surface area contributed by atoms with Crippen LogP contribution in [0.4, 0.5) is 5.69 Å². The van der Waals surface area contributed by atoms with E-state index in [0.717, 1.165) is 0 Å². The van der Waals surface area contributed by atoms with Gasteiger partial charge in [-0.3, -0.25) is 0 Å². The molecule has 0 unspecified atom stereocenters. The molecule has 0 radical (unpaired) electrons. The van der Waals surface area contributed by atoms with Gasteiger partial charge in [0.15, 0.2) is 0 Å². The van der Waals surface area contributed by atoms with Gasteiger partial charge in [-0.1, -0.05) is 28.9 Å². The highest BCUT2D eigenvalue weighted by Crippen LogP contribution is 2.20. The molecule has 0 aliphatic heterocycles. The number of nitrogens with two attached hydrogens (primary N) is 1. The predicted octanol–water partition coefficient (Wildman–Crippen LogP) is 2.64. The minimum atomic E-state index is 0.265. The van der Waals surface area contributed by atoms with Gasteiger partial charge in [-0.15, -0.1) is 0 Å². The first kappa shape index (κ1) is 10.4. The van der Waals surface area contributed by atoms with Gasteiger partial charge in [-0.2, -0.15) is 0 Å². The van der Waals surface area contributed by atoms with E-state index in [2.05, 4.69) is 15.0 Å². The number of nitrogen functional groups attached to an aromatic ring is 1. The maximum Gasteiger partial charge on any atom is 0.138 e. The van der Waals surface area contributed by atoms with Crippen LogP contribution < -0.4 is 5.73 Å². The van der Waals surface area contributed by atoms with Crippen molar-refractivity contribution in [3.63, 3.8) is 0 Å². The van der Waals surface area contributed by atoms with E-state index >= 15 is 0 Å². The smallest absolute Gasteiger partial charge is 0.138 e. The van der Waals surface area contributed by atoms with E-state index in [1.807, 2.05) is 0 Å². The average Bonchev–Trinajstić information content (AvgIpc) is 2.16. The van der Waals surface area contributed by atoms with Crippen molar-refractivity contribution in [1.29, 1.82) is 0 Å². The molecule has 2 N–H and O–H groups in total. The Balaban J connectivity index is 2.85. The fourth-order valence-corrected chi connectivity index (χ4v) is 1.11. The van der Waals surface area contributed by atoms with Crippen LogP contribution in [0.25, 0.3) is 16.5 Å². The molecule has 0 saturated heterocycles. The Labute approximate surface area is 85.8 Å². The first-order valence-corrected chi connectivity index (χ1v) is 4.21. The van der Waals surface area contributed by atoms with Crippen LogP contribution in [0.15, 0.2) is 23.5 Å². The normalized spacial score (nSPS) is 10.1. The molecule has 0 amide bonds. The third kappa shape index (κ3) is 2.65. The molecule has 6 heteroatoms. The lowest BCUT2D eigenvalue weighted by atomic mass is 10.2. The fourth-order valence-electron chi connectivity index (χ4n) is 0.881. The Hall–Kier alpha value is -1.71. The van der Waals surface area contributed by atoms with E-state index in [9.17, 15) is 0 Å². The molecule has 0 atom stereocenters. The number of pyridine rings is 1. The largest absolute Gasteiger partial charge is 0.398 e. The Morgan fingerprint density at radius 2 is 2.50 bits per heavy atom. The highest BCUT2D eigenvalue weighted by molar-refractivity contribution is 6.31. The monoisotopic (exact) mass is 209 g/mol. The Bertz CT molecular complexity index is 374. The first-order chi connectivity index (χ1) is 6.75. The molecule has 5 nitrogen and oxygen atoms in total. The van der Waals surface area contributed by atoms with Gasteiger partial charge >= 0.3 is 0 Å². The molecule has 72 valence electrons. The van der Waals surface area contributed by atoms with Gasteiger partial charge in [0.2, 0.25) is 0 Å². The molecule has 0 aromatic carbocycles. The van der Waals surface area contributed by atoms with Crippen LogP contribution in [0.5, 0.6) is 0 Å². The quantitative estimate of drug-likeness (QED) is 0.359. The number of anilines is 1. The topological polar surface area (TPSA) is 87.7 Å². The summed E-state index contributed by atoms with van der Waals surface area (Å²) < 4.78 is 0. The van der Waals surface area contributed by atoms with E-state index < -0.39 is 0 Å². The lowest BCUT2D eigenvalue weighted by Crippen LogP contribution is -1.91. The summed E-state index contributed by atoms with van der Waals surface area (Å²) >= 11 is 5.80. The van der Waals surface area contributed by atoms with E-state index in [-0.39, 0.29) is 6.54 Å². The zero-order valence-corrected chi connectivity index (χ0v) is 8.02. The Morgan fingerprint density at radius 3 is 3.14 bits per heavy atom. The summed E-state index contributed by atoms with van der Waals surface area (Å²) in [6.45, 7) is 0.265. The summed E-state index contributed by atoms with van der Waals surface area (Å²) in [5.41, 5.74) is 14.9. The average molecular weight is 210 g/mol. The van der Waals surface area contributed by atoms with Gasteiger partial charge in [0, 0.05) is 28.9 Å². The van der Waals surface area contributed by atoms with E-state index in [1.165, 1.54) is 6.20 Å². The maximum atomic E-state index is 8.03. The van der Waals surface area contributed by atoms with Crippen molar-refractivity contribution in [2.75, 3.05) is 12.3 Å². The molecule has 1 aromatic rings. The van der Waals surface area contributed by atoms with E-state index in [4.69, 9.17) is 22.9 Å². The van der Waals surface area contributed by atoms with Crippen molar-refractivity contribution in [2.24, 2.45) is 5.11 Å². The van der Waals surface area contributed by atoms with Crippen LogP contribution in [0, 0.1) is 0 Å². The zero-order chi connectivity index (χ0) is 10.4. The van der Waals surface area contributed by atoms with Gasteiger partial charge in [-0.25, -0.2) is 4.98 Å². The molecule has 0 aliphatic rings. The minimum absolute atomic E-state index is 0.265. The van der Waals surface area contributed by atoms with Crippen molar-refractivity contribution in [3.05, 3.63) is 39.5 Å². The lowest BCUT2D eigenvalue weighted by Gasteiger charge is -2.00. The van der Waals surface area contributed by atoms with Crippen molar-refractivity contribution >= 4 is 23.4 Å². The number of nitrogens with zero attached hydrogens (tertiary/aromatic N) is 4. The van der Waals surface area contributed by atoms with Crippen molar-refractivity contribution in [1.82, 2.24) is 4.98 Å². The summed E-state index contributed by atoms with van der Waals surface area (Å²) in [7, 11) is 0. The molecule has 1 rings (SSSR count). The molecular formula is C8H8ClN5. The third-order valence-corrected chi connectivity index (χ3v) is 1.81. The molecule has 0 aliphatic carbocycles. The number of rotatable bonds is 3. The number of hydrogen-bond donors (Lipinski definition) is 1. The number of halogens is 1. The summed E-state index contributed by atoms with van der Waals surface area (Å²) in [6, 6.07) is 1.65.